The zero-order chi connectivity index (χ0) is 22.2. The molecule has 2 aliphatic heterocycles. The largest absolute Gasteiger partial charge is 0.332 e. The van der Waals surface area contributed by atoms with Crippen molar-refractivity contribution in [3.05, 3.63) is 71.7 Å². The third kappa shape index (κ3) is 3.30. The van der Waals surface area contributed by atoms with Gasteiger partial charge in [0.05, 0.1) is 35.9 Å². The molecule has 1 fully saturated rings. The van der Waals surface area contributed by atoms with Gasteiger partial charge in [0, 0.05) is 39.8 Å². The van der Waals surface area contributed by atoms with Gasteiger partial charge >= 0.3 is 6.03 Å². The fraction of sp³-hybridized carbons (Fsp3) is 0.174. The summed E-state index contributed by atoms with van der Waals surface area (Å²) in [4.78, 5) is 39.3. The first-order chi connectivity index (χ1) is 15.6. The van der Waals surface area contributed by atoms with Crippen molar-refractivity contribution < 1.29 is 9.59 Å². The van der Waals surface area contributed by atoms with Gasteiger partial charge in [-0.2, -0.15) is 5.26 Å². The zero-order valence-corrected chi connectivity index (χ0v) is 18.3. The van der Waals surface area contributed by atoms with Crippen LogP contribution in [0.1, 0.15) is 12.0 Å². The quantitative estimate of drug-likeness (QED) is 0.568. The van der Waals surface area contributed by atoms with E-state index < -0.39 is 17.3 Å². The molecular formula is C23H16ClN5O2S. The Morgan fingerprint density at radius 3 is 2.81 bits per heavy atom. The van der Waals surface area contributed by atoms with Gasteiger partial charge in [-0.1, -0.05) is 29.8 Å². The number of halogens is 1. The number of anilines is 1. The summed E-state index contributed by atoms with van der Waals surface area (Å²) in [6.45, 7) is 0.207. The maximum atomic E-state index is 13.6. The van der Waals surface area contributed by atoms with Crippen molar-refractivity contribution in [2.45, 2.75) is 17.7 Å². The smallest absolute Gasteiger partial charge is 0.315 e. The highest BCUT2D eigenvalue weighted by Crippen LogP contribution is 2.46. The van der Waals surface area contributed by atoms with Gasteiger partial charge in [-0.25, -0.2) is 9.69 Å². The van der Waals surface area contributed by atoms with Crippen LogP contribution in [0, 0.1) is 11.3 Å². The maximum Gasteiger partial charge on any atom is 0.332 e. The van der Waals surface area contributed by atoms with E-state index in [0.717, 1.165) is 20.8 Å². The molecule has 0 saturated carbocycles. The van der Waals surface area contributed by atoms with Crippen LogP contribution in [0.3, 0.4) is 0 Å². The maximum absolute atomic E-state index is 13.6. The Labute approximate surface area is 193 Å². The second-order valence-corrected chi connectivity index (χ2v) is 8.92. The zero-order valence-electron chi connectivity index (χ0n) is 16.7. The fourth-order valence-electron chi connectivity index (χ4n) is 4.02. The molecule has 0 N–H and O–H groups in total. The molecule has 1 aromatic carbocycles. The number of imide groups is 1. The van der Waals surface area contributed by atoms with E-state index in [1.54, 1.807) is 29.4 Å². The predicted molar refractivity (Wildman–Crippen MR) is 124 cm³/mol. The first-order valence-corrected chi connectivity index (χ1v) is 11.2. The summed E-state index contributed by atoms with van der Waals surface area (Å²) in [6.07, 6.45) is 6.80. The Morgan fingerprint density at radius 2 is 2.00 bits per heavy atom. The molecule has 5 rings (SSSR count). The topological polar surface area (TPSA) is 90.2 Å². The van der Waals surface area contributed by atoms with Crippen LogP contribution in [0.2, 0.25) is 5.02 Å². The standard InChI is InChI=1S/C23H16ClN5O2S/c24-16-7-2-1-6-15(16)19-11-17-21(32-19)22(30)29(23(31)28(17)10-4-8-25)18-13-26-12-14-5-3-9-27-20(14)18/h1-3,5-7,9,11-13,17,21H,4,10H2. The summed E-state index contributed by atoms with van der Waals surface area (Å²) in [6, 6.07) is 12.1. The molecule has 0 aliphatic carbocycles. The third-order valence-corrected chi connectivity index (χ3v) is 7.16. The van der Waals surface area contributed by atoms with E-state index in [-0.39, 0.29) is 18.9 Å². The number of amides is 3. The summed E-state index contributed by atoms with van der Waals surface area (Å²) >= 11 is 7.77. The Kier molecular flexibility index (Phi) is 5.29. The SMILES string of the molecule is N#CCCN1C(=O)N(c2cncc3cccnc23)C(=O)C2SC(c3ccccc3Cl)=CC21. The van der Waals surface area contributed by atoms with Gasteiger partial charge in [0.15, 0.2) is 0 Å². The minimum Gasteiger partial charge on any atom is -0.315 e. The molecule has 9 heteroatoms. The molecule has 1 saturated heterocycles. The number of fused-ring (bicyclic) bond motifs is 2. The van der Waals surface area contributed by atoms with Gasteiger partial charge in [0.25, 0.3) is 5.91 Å². The number of urea groups is 1. The highest BCUT2D eigenvalue weighted by molar-refractivity contribution is 8.09. The number of carbonyl (C=O) groups excluding carboxylic acids is 2. The average molecular weight is 462 g/mol. The first kappa shape index (κ1) is 20.5. The van der Waals surface area contributed by atoms with Crippen molar-refractivity contribution in [2.75, 3.05) is 11.4 Å². The molecule has 0 spiro atoms. The van der Waals surface area contributed by atoms with E-state index in [0.29, 0.717) is 16.2 Å². The molecule has 2 aliphatic rings. The van der Waals surface area contributed by atoms with Crippen molar-refractivity contribution >= 4 is 56.8 Å². The molecule has 4 heterocycles. The van der Waals surface area contributed by atoms with Crippen LogP contribution in [0.15, 0.2) is 61.1 Å². The number of carbonyl (C=O) groups is 2. The van der Waals surface area contributed by atoms with Crippen LogP contribution < -0.4 is 4.90 Å². The van der Waals surface area contributed by atoms with Gasteiger partial charge in [0.1, 0.15) is 5.25 Å². The first-order valence-electron chi connectivity index (χ1n) is 9.94. The molecule has 3 aromatic rings. The Bertz CT molecular complexity index is 1320. The number of nitrogens with zero attached hydrogens (tertiary/aromatic N) is 5. The van der Waals surface area contributed by atoms with E-state index in [2.05, 4.69) is 16.0 Å². The Balaban J connectivity index is 1.59. The summed E-state index contributed by atoms with van der Waals surface area (Å²) in [5, 5.41) is 9.88. The number of thioether (sulfide) groups is 1. The summed E-state index contributed by atoms with van der Waals surface area (Å²) in [7, 11) is 0. The normalized spacial score (nSPS) is 20.3. The van der Waals surface area contributed by atoms with E-state index in [9.17, 15) is 9.59 Å². The molecule has 7 nitrogen and oxygen atoms in total. The van der Waals surface area contributed by atoms with Crippen molar-refractivity contribution in [2.24, 2.45) is 0 Å². The van der Waals surface area contributed by atoms with Crippen molar-refractivity contribution in [3.63, 3.8) is 0 Å². The Hall–Kier alpha value is -3.41. The number of aromatic nitrogens is 2. The van der Waals surface area contributed by atoms with Crippen LogP contribution in [0.25, 0.3) is 15.8 Å². The summed E-state index contributed by atoms with van der Waals surface area (Å²) in [5.41, 5.74) is 1.67. The van der Waals surface area contributed by atoms with Crippen LogP contribution in [0.4, 0.5) is 10.5 Å². The van der Waals surface area contributed by atoms with Gasteiger partial charge in [-0.3, -0.25) is 14.8 Å². The molecule has 0 bridgehead atoms. The molecule has 32 heavy (non-hydrogen) atoms. The van der Waals surface area contributed by atoms with Crippen molar-refractivity contribution in [3.8, 4) is 6.07 Å². The Morgan fingerprint density at radius 1 is 1.16 bits per heavy atom. The summed E-state index contributed by atoms with van der Waals surface area (Å²) in [5.74, 6) is -0.337. The fourth-order valence-corrected chi connectivity index (χ4v) is 5.68. The van der Waals surface area contributed by atoms with Gasteiger partial charge in [-0.15, -0.1) is 11.8 Å². The lowest BCUT2D eigenvalue weighted by atomic mass is 10.0. The van der Waals surface area contributed by atoms with E-state index in [4.69, 9.17) is 16.9 Å². The number of pyridine rings is 2. The van der Waals surface area contributed by atoms with Crippen LogP contribution in [0.5, 0.6) is 0 Å². The van der Waals surface area contributed by atoms with E-state index >= 15 is 0 Å². The van der Waals surface area contributed by atoms with Crippen LogP contribution in [-0.4, -0.2) is 44.6 Å². The molecule has 3 amide bonds. The molecule has 2 aromatic heterocycles. The van der Waals surface area contributed by atoms with Gasteiger partial charge in [0.2, 0.25) is 0 Å². The molecule has 158 valence electrons. The second kappa shape index (κ2) is 8.26. The third-order valence-electron chi connectivity index (χ3n) is 5.48. The molecular weight excluding hydrogens is 446 g/mol. The number of hydrogen-bond donors (Lipinski definition) is 0. The van der Waals surface area contributed by atoms with Crippen molar-refractivity contribution in [1.82, 2.24) is 14.9 Å². The lowest BCUT2D eigenvalue weighted by molar-refractivity contribution is -0.119. The predicted octanol–water partition coefficient (Wildman–Crippen LogP) is 4.49. The number of nitriles is 1. The minimum absolute atomic E-state index is 0.156. The molecule has 2 atom stereocenters. The molecule has 2 unspecified atom stereocenters. The number of hydrogen-bond acceptors (Lipinski definition) is 6. The monoisotopic (exact) mass is 461 g/mol. The summed E-state index contributed by atoms with van der Waals surface area (Å²) < 4.78 is 0. The second-order valence-electron chi connectivity index (χ2n) is 7.33. The molecule has 0 radical (unpaired) electrons. The minimum atomic E-state index is -0.559. The lowest BCUT2D eigenvalue weighted by Crippen LogP contribution is -2.62. The van der Waals surface area contributed by atoms with Crippen LogP contribution in [-0.2, 0) is 4.79 Å². The number of rotatable bonds is 4. The van der Waals surface area contributed by atoms with Gasteiger partial charge < -0.3 is 4.90 Å². The number of benzene rings is 1. The van der Waals surface area contributed by atoms with Crippen molar-refractivity contribution in [1.29, 1.82) is 5.26 Å². The average Bonchev–Trinajstić information content (AvgIpc) is 3.25. The highest BCUT2D eigenvalue weighted by Gasteiger charge is 2.50. The van der Waals surface area contributed by atoms with E-state index in [1.165, 1.54) is 18.0 Å². The van der Waals surface area contributed by atoms with E-state index in [1.807, 2.05) is 30.3 Å². The van der Waals surface area contributed by atoms with Gasteiger partial charge in [-0.05, 0) is 24.3 Å². The lowest BCUT2D eigenvalue weighted by Gasteiger charge is -2.40. The van der Waals surface area contributed by atoms with Crippen LogP contribution >= 0.6 is 23.4 Å². The highest BCUT2D eigenvalue weighted by atomic mass is 35.5.